The summed E-state index contributed by atoms with van der Waals surface area (Å²) in [5.41, 5.74) is 2.20. The molecule has 2 aromatic carbocycles. The summed E-state index contributed by atoms with van der Waals surface area (Å²) in [7, 11) is 1.58. The van der Waals surface area contributed by atoms with Crippen molar-refractivity contribution in [2.75, 3.05) is 13.7 Å². The Hall–Kier alpha value is -3.68. The van der Waals surface area contributed by atoms with Gasteiger partial charge in [-0.05, 0) is 54.1 Å². The van der Waals surface area contributed by atoms with Crippen LogP contribution in [0.2, 0.25) is 0 Å². The molecule has 0 aliphatic carbocycles. The summed E-state index contributed by atoms with van der Waals surface area (Å²) < 4.78 is 44.8. The number of fused-ring (bicyclic) bond motifs is 1. The van der Waals surface area contributed by atoms with Crippen molar-refractivity contribution in [3.63, 3.8) is 0 Å². The first-order valence-corrected chi connectivity index (χ1v) is 8.61. The number of rotatable bonds is 5. The molecule has 0 fully saturated rings. The number of carbonyl (C=O) groups is 1. The number of benzene rings is 2. The van der Waals surface area contributed by atoms with Crippen molar-refractivity contribution >= 4 is 17.9 Å². The highest BCUT2D eigenvalue weighted by Gasteiger charge is 2.25. The van der Waals surface area contributed by atoms with Gasteiger partial charge in [0.15, 0.2) is 5.70 Å². The van der Waals surface area contributed by atoms with E-state index < -0.39 is 12.6 Å². The van der Waals surface area contributed by atoms with Gasteiger partial charge in [-0.3, -0.25) is 0 Å². The fraction of sp³-hybridized carbons (Fsp3) is 0.143. The van der Waals surface area contributed by atoms with Crippen LogP contribution in [0, 0.1) is 0 Å². The SMILES string of the molecule is COc1ccc2c(c1)OCC(/C=C1\N=C(c3ccc(OC(F)F)cc3)OC1=O)=C2. The molecule has 0 saturated carbocycles. The van der Waals surface area contributed by atoms with E-state index in [9.17, 15) is 13.6 Å². The molecule has 148 valence electrons. The highest BCUT2D eigenvalue weighted by molar-refractivity contribution is 6.11. The number of hydrogen-bond acceptors (Lipinski definition) is 6. The van der Waals surface area contributed by atoms with Gasteiger partial charge in [0.2, 0.25) is 5.90 Å². The number of methoxy groups -OCH3 is 1. The molecule has 4 rings (SSSR count). The Balaban J connectivity index is 1.55. The van der Waals surface area contributed by atoms with Crippen LogP contribution in [-0.2, 0) is 9.53 Å². The van der Waals surface area contributed by atoms with Crippen molar-refractivity contribution in [1.29, 1.82) is 0 Å². The first-order chi connectivity index (χ1) is 14.0. The van der Waals surface area contributed by atoms with Crippen molar-refractivity contribution in [2.24, 2.45) is 4.99 Å². The van der Waals surface area contributed by atoms with Gasteiger partial charge in [0.05, 0.1) is 7.11 Å². The third-order valence-corrected chi connectivity index (χ3v) is 4.23. The average Bonchev–Trinajstić information content (AvgIpc) is 3.08. The maximum atomic E-state index is 12.2. The largest absolute Gasteiger partial charge is 0.497 e. The Kier molecular flexibility index (Phi) is 4.99. The summed E-state index contributed by atoms with van der Waals surface area (Å²) in [4.78, 5) is 16.4. The average molecular weight is 399 g/mol. The van der Waals surface area contributed by atoms with Gasteiger partial charge in [-0.15, -0.1) is 0 Å². The van der Waals surface area contributed by atoms with Crippen molar-refractivity contribution < 1.29 is 32.5 Å². The summed E-state index contributed by atoms with van der Waals surface area (Å²) in [6.45, 7) is -2.64. The van der Waals surface area contributed by atoms with Gasteiger partial charge >= 0.3 is 12.6 Å². The monoisotopic (exact) mass is 399 g/mol. The zero-order chi connectivity index (χ0) is 20.4. The lowest BCUT2D eigenvalue weighted by Crippen LogP contribution is -2.08. The van der Waals surface area contributed by atoms with Gasteiger partial charge in [-0.2, -0.15) is 8.78 Å². The predicted molar refractivity (Wildman–Crippen MR) is 100 cm³/mol. The molecule has 0 saturated heterocycles. The molecule has 0 atom stereocenters. The number of esters is 1. The number of alkyl halides is 2. The maximum Gasteiger partial charge on any atom is 0.387 e. The molecular weight excluding hydrogens is 384 g/mol. The van der Waals surface area contributed by atoms with Crippen LogP contribution in [-0.4, -0.2) is 32.2 Å². The Labute approximate surface area is 164 Å². The van der Waals surface area contributed by atoms with E-state index in [2.05, 4.69) is 9.73 Å². The molecule has 0 bridgehead atoms. The second-order valence-corrected chi connectivity index (χ2v) is 6.15. The Morgan fingerprint density at radius 3 is 2.62 bits per heavy atom. The van der Waals surface area contributed by atoms with Crippen molar-refractivity contribution in [3.05, 3.63) is 70.9 Å². The van der Waals surface area contributed by atoms with Gasteiger partial charge in [-0.25, -0.2) is 9.79 Å². The zero-order valence-electron chi connectivity index (χ0n) is 15.2. The Bertz CT molecular complexity index is 1040. The number of nitrogens with zero attached hydrogens (tertiary/aromatic N) is 1. The Morgan fingerprint density at radius 2 is 1.90 bits per heavy atom. The molecule has 0 radical (unpaired) electrons. The molecule has 0 amide bonds. The lowest BCUT2D eigenvalue weighted by atomic mass is 10.1. The highest BCUT2D eigenvalue weighted by Crippen LogP contribution is 2.31. The smallest absolute Gasteiger partial charge is 0.387 e. The van der Waals surface area contributed by atoms with Crippen LogP contribution < -0.4 is 14.2 Å². The van der Waals surface area contributed by atoms with Crippen molar-refractivity contribution in [1.82, 2.24) is 0 Å². The maximum absolute atomic E-state index is 12.2. The van der Waals surface area contributed by atoms with Crippen LogP contribution in [0.4, 0.5) is 8.78 Å². The minimum absolute atomic E-state index is 0.00393. The van der Waals surface area contributed by atoms with E-state index in [0.717, 1.165) is 11.1 Å². The molecular formula is C21H15F2NO5. The third kappa shape index (κ3) is 4.11. The molecule has 8 heteroatoms. The standard InChI is InChI=1S/C21H15F2NO5/c1-26-16-7-4-14-8-12(11-27-18(14)10-16)9-17-20(25)29-19(24-17)13-2-5-15(6-3-13)28-21(22)23/h2-10,21H,11H2,1H3/b17-9-. The van der Waals surface area contributed by atoms with Crippen LogP contribution in [0.15, 0.2) is 64.8 Å². The second-order valence-electron chi connectivity index (χ2n) is 6.15. The topological polar surface area (TPSA) is 66.3 Å². The molecule has 2 aliphatic rings. The van der Waals surface area contributed by atoms with Gasteiger partial charge in [-0.1, -0.05) is 0 Å². The fourth-order valence-corrected chi connectivity index (χ4v) is 2.86. The Morgan fingerprint density at radius 1 is 1.14 bits per heavy atom. The molecule has 29 heavy (non-hydrogen) atoms. The zero-order valence-corrected chi connectivity index (χ0v) is 15.2. The van der Waals surface area contributed by atoms with Crippen LogP contribution in [0.25, 0.3) is 6.08 Å². The quantitative estimate of drug-likeness (QED) is 0.563. The molecule has 0 spiro atoms. The third-order valence-electron chi connectivity index (χ3n) is 4.23. The van der Waals surface area contributed by atoms with E-state index in [1.54, 1.807) is 19.3 Å². The first-order valence-electron chi connectivity index (χ1n) is 8.61. The van der Waals surface area contributed by atoms with Gasteiger partial charge in [0.25, 0.3) is 0 Å². The minimum Gasteiger partial charge on any atom is -0.497 e. The summed E-state index contributed by atoms with van der Waals surface area (Å²) in [6.07, 6.45) is 3.49. The van der Waals surface area contributed by atoms with Crippen LogP contribution in [0.1, 0.15) is 11.1 Å². The lowest BCUT2D eigenvalue weighted by molar-refractivity contribution is -0.130. The minimum atomic E-state index is -2.91. The fourth-order valence-electron chi connectivity index (χ4n) is 2.86. The molecule has 0 unspecified atom stereocenters. The van der Waals surface area contributed by atoms with Gasteiger partial charge in [0, 0.05) is 17.2 Å². The lowest BCUT2D eigenvalue weighted by Gasteiger charge is -2.16. The summed E-state index contributed by atoms with van der Waals surface area (Å²) in [5.74, 6) is 0.874. The van der Waals surface area contributed by atoms with E-state index in [4.69, 9.17) is 14.2 Å². The predicted octanol–water partition coefficient (Wildman–Crippen LogP) is 3.96. The number of hydrogen-bond donors (Lipinski definition) is 0. The molecule has 0 N–H and O–H groups in total. The van der Waals surface area contributed by atoms with E-state index in [1.165, 1.54) is 24.3 Å². The van der Waals surface area contributed by atoms with Gasteiger partial charge < -0.3 is 18.9 Å². The summed E-state index contributed by atoms with van der Waals surface area (Å²) in [5, 5.41) is 0. The normalized spacial score (nSPS) is 16.7. The summed E-state index contributed by atoms with van der Waals surface area (Å²) >= 11 is 0. The first kappa shape index (κ1) is 18.7. The summed E-state index contributed by atoms with van der Waals surface area (Å²) in [6, 6.07) is 11.1. The van der Waals surface area contributed by atoms with E-state index >= 15 is 0 Å². The molecule has 0 aromatic heterocycles. The van der Waals surface area contributed by atoms with E-state index in [-0.39, 0.29) is 24.0 Å². The number of aliphatic imine (C=N–C) groups is 1. The van der Waals surface area contributed by atoms with Crippen LogP contribution >= 0.6 is 0 Å². The molecule has 6 nitrogen and oxygen atoms in total. The van der Waals surface area contributed by atoms with E-state index in [1.807, 2.05) is 18.2 Å². The highest BCUT2D eigenvalue weighted by atomic mass is 19.3. The van der Waals surface area contributed by atoms with Crippen LogP contribution in [0.3, 0.4) is 0 Å². The number of carbonyl (C=O) groups excluding carboxylic acids is 1. The number of cyclic esters (lactones) is 1. The van der Waals surface area contributed by atoms with Crippen LogP contribution in [0.5, 0.6) is 17.2 Å². The van der Waals surface area contributed by atoms with Crippen molar-refractivity contribution in [2.45, 2.75) is 6.61 Å². The van der Waals surface area contributed by atoms with Gasteiger partial charge in [0.1, 0.15) is 23.9 Å². The molecule has 2 aliphatic heterocycles. The van der Waals surface area contributed by atoms with Crippen molar-refractivity contribution in [3.8, 4) is 17.2 Å². The second kappa shape index (κ2) is 7.75. The molecule has 2 aromatic rings. The number of ether oxygens (including phenoxy) is 4. The van der Waals surface area contributed by atoms with E-state index in [0.29, 0.717) is 17.1 Å². The molecule has 2 heterocycles. The number of halogens is 2.